The van der Waals surface area contributed by atoms with Crippen LogP contribution in [0.1, 0.15) is 16.1 Å². The molecule has 4 N–H and O–H groups in total. The molecule has 0 aliphatic carbocycles. The van der Waals surface area contributed by atoms with Gasteiger partial charge >= 0.3 is 5.97 Å². The molecule has 0 aliphatic heterocycles. The van der Waals surface area contributed by atoms with E-state index in [2.05, 4.69) is 5.32 Å². The van der Waals surface area contributed by atoms with Gasteiger partial charge in [0.1, 0.15) is 6.04 Å². The van der Waals surface area contributed by atoms with Crippen molar-refractivity contribution in [3.8, 4) is 0 Å². The van der Waals surface area contributed by atoms with Crippen molar-refractivity contribution in [2.45, 2.75) is 12.5 Å². The molecule has 0 spiro atoms. The summed E-state index contributed by atoms with van der Waals surface area (Å²) in [5, 5.41) is 12.1. The fourth-order valence-electron chi connectivity index (χ4n) is 1.72. The van der Waals surface area contributed by atoms with Gasteiger partial charge in [0.05, 0.1) is 11.3 Å². The van der Waals surface area contributed by atoms with Gasteiger partial charge in [-0.3, -0.25) is 9.59 Å². The smallest absolute Gasteiger partial charge is 0.326 e. The Kier molecular flexibility index (Phi) is 3.99. The number of carbonyl (C=O) groups excluding carboxylic acids is 2. The highest BCUT2D eigenvalue weighted by Gasteiger charge is 2.23. The zero-order chi connectivity index (χ0) is 14.7. The van der Waals surface area contributed by atoms with Crippen molar-refractivity contribution in [3.63, 3.8) is 0 Å². The molecule has 1 atom stereocenters. The van der Waals surface area contributed by atoms with E-state index in [1.807, 2.05) is 24.3 Å². The molecule has 7 heteroatoms. The summed E-state index contributed by atoms with van der Waals surface area (Å²) >= 11 is 1.26. The highest BCUT2D eigenvalue weighted by molar-refractivity contribution is 7.20. The first kappa shape index (κ1) is 14.0. The van der Waals surface area contributed by atoms with Crippen LogP contribution in [0.15, 0.2) is 30.3 Å². The number of hydrogen-bond acceptors (Lipinski definition) is 4. The maximum atomic E-state index is 12.0. The lowest BCUT2D eigenvalue weighted by Crippen LogP contribution is -2.43. The van der Waals surface area contributed by atoms with Crippen LogP contribution in [0.5, 0.6) is 0 Å². The monoisotopic (exact) mass is 292 g/mol. The number of amides is 2. The van der Waals surface area contributed by atoms with Gasteiger partial charge in [-0.2, -0.15) is 0 Å². The minimum absolute atomic E-state index is 0.391. The number of nitrogens with two attached hydrogens (primary N) is 1. The molecule has 1 heterocycles. The minimum Gasteiger partial charge on any atom is -0.480 e. The molecular weight excluding hydrogens is 280 g/mol. The van der Waals surface area contributed by atoms with Gasteiger partial charge in [0, 0.05) is 4.70 Å². The van der Waals surface area contributed by atoms with Crippen LogP contribution in [0.2, 0.25) is 0 Å². The molecule has 0 unspecified atom stereocenters. The van der Waals surface area contributed by atoms with Crippen LogP contribution in [0.3, 0.4) is 0 Å². The molecule has 104 valence electrons. The molecule has 0 aliphatic rings. The number of carboxylic acid groups (broad SMARTS) is 1. The predicted octanol–water partition coefficient (Wildman–Crippen LogP) is 0.960. The minimum atomic E-state index is -1.31. The van der Waals surface area contributed by atoms with Crippen molar-refractivity contribution < 1.29 is 19.5 Å². The second-order valence-electron chi connectivity index (χ2n) is 4.18. The lowest BCUT2D eigenvalue weighted by molar-refractivity contribution is -0.140. The molecule has 2 rings (SSSR count). The first-order valence-electron chi connectivity index (χ1n) is 5.78. The summed E-state index contributed by atoms with van der Waals surface area (Å²) in [6.45, 7) is 0. The fourth-order valence-corrected chi connectivity index (χ4v) is 2.69. The molecule has 1 aromatic heterocycles. The van der Waals surface area contributed by atoms with E-state index < -0.39 is 30.2 Å². The van der Waals surface area contributed by atoms with Gasteiger partial charge in [0.25, 0.3) is 5.91 Å². The van der Waals surface area contributed by atoms with Crippen molar-refractivity contribution in [2.75, 3.05) is 0 Å². The van der Waals surface area contributed by atoms with Crippen molar-refractivity contribution in [1.29, 1.82) is 0 Å². The highest BCUT2D eigenvalue weighted by Crippen LogP contribution is 2.25. The number of rotatable bonds is 5. The molecule has 2 aromatic rings. The SMILES string of the molecule is NC(=O)C[C@@H](NC(=O)c1cc2ccccc2s1)C(=O)O. The van der Waals surface area contributed by atoms with Crippen molar-refractivity contribution in [3.05, 3.63) is 35.2 Å². The average Bonchev–Trinajstić information content (AvgIpc) is 2.81. The number of carbonyl (C=O) groups is 3. The van der Waals surface area contributed by atoms with Gasteiger partial charge in [0.15, 0.2) is 0 Å². The van der Waals surface area contributed by atoms with E-state index in [1.165, 1.54) is 11.3 Å². The van der Waals surface area contributed by atoms with E-state index in [-0.39, 0.29) is 0 Å². The molecule has 6 nitrogen and oxygen atoms in total. The average molecular weight is 292 g/mol. The predicted molar refractivity (Wildman–Crippen MR) is 74.5 cm³/mol. The Morgan fingerprint density at radius 1 is 1.30 bits per heavy atom. The molecule has 0 radical (unpaired) electrons. The summed E-state index contributed by atoms with van der Waals surface area (Å²) in [5.74, 6) is -2.60. The number of carboxylic acids is 1. The molecule has 20 heavy (non-hydrogen) atoms. The summed E-state index contributed by atoms with van der Waals surface area (Å²) in [6.07, 6.45) is -0.439. The summed E-state index contributed by atoms with van der Waals surface area (Å²) in [5.41, 5.74) is 4.96. The fraction of sp³-hybridized carbons (Fsp3) is 0.154. The van der Waals surface area contributed by atoms with Gasteiger partial charge in [-0.25, -0.2) is 4.79 Å². The van der Waals surface area contributed by atoms with Crippen molar-refractivity contribution >= 4 is 39.2 Å². The van der Waals surface area contributed by atoms with Crippen LogP contribution < -0.4 is 11.1 Å². The van der Waals surface area contributed by atoms with Gasteiger partial charge in [-0.05, 0) is 17.5 Å². The second kappa shape index (κ2) is 5.70. The Bertz CT molecular complexity index is 647. The Hall–Kier alpha value is -2.41. The number of primary amides is 1. The topological polar surface area (TPSA) is 109 Å². The Morgan fingerprint density at radius 3 is 2.60 bits per heavy atom. The van der Waals surface area contributed by atoms with Crippen LogP contribution in [0.4, 0.5) is 0 Å². The third-order valence-corrected chi connectivity index (χ3v) is 3.77. The molecular formula is C13H12N2O4S. The third kappa shape index (κ3) is 3.12. The number of thiophene rings is 1. The second-order valence-corrected chi connectivity index (χ2v) is 5.27. The molecule has 0 fully saturated rings. The van der Waals surface area contributed by atoms with Crippen LogP contribution in [-0.2, 0) is 9.59 Å². The largest absolute Gasteiger partial charge is 0.480 e. The van der Waals surface area contributed by atoms with Crippen molar-refractivity contribution in [2.24, 2.45) is 5.73 Å². The number of aliphatic carboxylic acids is 1. The molecule has 0 saturated heterocycles. The Morgan fingerprint density at radius 2 is 2.00 bits per heavy atom. The normalized spacial score (nSPS) is 12.0. The van der Waals surface area contributed by atoms with Crippen LogP contribution >= 0.6 is 11.3 Å². The van der Waals surface area contributed by atoms with Gasteiger partial charge < -0.3 is 16.2 Å². The van der Waals surface area contributed by atoms with E-state index in [0.29, 0.717) is 4.88 Å². The number of benzene rings is 1. The van der Waals surface area contributed by atoms with E-state index in [4.69, 9.17) is 10.8 Å². The van der Waals surface area contributed by atoms with E-state index in [9.17, 15) is 14.4 Å². The zero-order valence-electron chi connectivity index (χ0n) is 10.3. The zero-order valence-corrected chi connectivity index (χ0v) is 11.1. The highest BCUT2D eigenvalue weighted by atomic mass is 32.1. The number of nitrogens with one attached hydrogen (secondary N) is 1. The molecule has 2 amide bonds. The van der Waals surface area contributed by atoms with Crippen molar-refractivity contribution in [1.82, 2.24) is 5.32 Å². The lowest BCUT2D eigenvalue weighted by atomic mass is 10.2. The maximum absolute atomic E-state index is 12.0. The summed E-state index contributed by atoms with van der Waals surface area (Å²) in [4.78, 5) is 34.1. The third-order valence-electron chi connectivity index (χ3n) is 2.66. The summed E-state index contributed by atoms with van der Waals surface area (Å²) in [6, 6.07) is 7.80. The van der Waals surface area contributed by atoms with Gasteiger partial charge in [0.2, 0.25) is 5.91 Å². The number of fused-ring (bicyclic) bond motifs is 1. The Labute approximate surface area is 118 Å². The van der Waals surface area contributed by atoms with Crippen LogP contribution in [-0.4, -0.2) is 28.9 Å². The van der Waals surface area contributed by atoms with Gasteiger partial charge in [-0.1, -0.05) is 18.2 Å². The maximum Gasteiger partial charge on any atom is 0.326 e. The molecule has 1 aromatic carbocycles. The number of hydrogen-bond donors (Lipinski definition) is 3. The van der Waals surface area contributed by atoms with E-state index in [0.717, 1.165) is 10.1 Å². The standard InChI is InChI=1S/C13H12N2O4S/c14-11(16)6-8(13(18)19)15-12(17)10-5-7-3-1-2-4-9(7)20-10/h1-5,8H,6H2,(H2,14,16)(H,15,17)(H,18,19)/t8-/m1/s1. The Balaban J connectivity index is 2.17. The molecule has 0 saturated carbocycles. The first-order valence-corrected chi connectivity index (χ1v) is 6.59. The van der Waals surface area contributed by atoms with E-state index >= 15 is 0 Å². The van der Waals surface area contributed by atoms with Crippen LogP contribution in [0, 0.1) is 0 Å². The first-order chi connectivity index (χ1) is 9.47. The quantitative estimate of drug-likeness (QED) is 0.762. The van der Waals surface area contributed by atoms with E-state index in [1.54, 1.807) is 6.07 Å². The summed E-state index contributed by atoms with van der Waals surface area (Å²) in [7, 11) is 0. The summed E-state index contributed by atoms with van der Waals surface area (Å²) < 4.78 is 0.930. The molecule has 0 bridgehead atoms. The lowest BCUT2D eigenvalue weighted by Gasteiger charge is -2.11. The van der Waals surface area contributed by atoms with Gasteiger partial charge in [-0.15, -0.1) is 11.3 Å². The van der Waals surface area contributed by atoms with Crippen LogP contribution in [0.25, 0.3) is 10.1 Å².